The molecular formula is C11H15N2O2S2-. The summed E-state index contributed by atoms with van der Waals surface area (Å²) >= 11 is -0.535. The van der Waals surface area contributed by atoms with E-state index in [0.717, 1.165) is 11.9 Å². The summed E-state index contributed by atoms with van der Waals surface area (Å²) in [4.78, 5) is 4.57. The lowest BCUT2D eigenvalue weighted by Crippen LogP contribution is -1.97. The summed E-state index contributed by atoms with van der Waals surface area (Å²) in [7, 11) is 0. The SMILES string of the molecule is CCCCc1nc2ccccc2s1.NS(=O)[O-]. The van der Waals surface area contributed by atoms with Crippen molar-refractivity contribution < 1.29 is 8.76 Å². The van der Waals surface area contributed by atoms with E-state index in [0.29, 0.717) is 0 Å². The number of nitrogens with two attached hydrogens (primary N) is 1. The van der Waals surface area contributed by atoms with Crippen molar-refractivity contribution in [3.63, 3.8) is 0 Å². The zero-order chi connectivity index (χ0) is 12.7. The molecular weight excluding hydrogens is 256 g/mol. The van der Waals surface area contributed by atoms with Crippen LogP contribution in [0.2, 0.25) is 0 Å². The average molecular weight is 271 g/mol. The second-order valence-electron chi connectivity index (χ2n) is 3.44. The smallest absolute Gasteiger partial charge is 0.0938 e. The molecule has 2 N–H and O–H groups in total. The van der Waals surface area contributed by atoms with Gasteiger partial charge in [-0.3, -0.25) is 9.35 Å². The number of nitrogens with zero attached hydrogens (tertiary/aromatic N) is 1. The van der Waals surface area contributed by atoms with Crippen LogP contribution in [0.4, 0.5) is 0 Å². The van der Waals surface area contributed by atoms with Crippen LogP contribution in [0.25, 0.3) is 10.2 Å². The fourth-order valence-electron chi connectivity index (χ4n) is 1.35. The summed E-state index contributed by atoms with van der Waals surface area (Å²) in [5.41, 5.74) is 1.15. The maximum Gasteiger partial charge on any atom is 0.0938 e. The Labute approximate surface area is 107 Å². The predicted molar refractivity (Wildman–Crippen MR) is 71.3 cm³/mol. The van der Waals surface area contributed by atoms with Crippen molar-refractivity contribution in [3.8, 4) is 0 Å². The molecule has 2 rings (SSSR count). The minimum atomic E-state index is -2.36. The van der Waals surface area contributed by atoms with Crippen molar-refractivity contribution in [2.75, 3.05) is 0 Å². The third-order valence-corrected chi connectivity index (χ3v) is 3.18. The van der Waals surface area contributed by atoms with Crippen molar-refractivity contribution >= 4 is 32.8 Å². The Hall–Kier alpha value is -0.820. The molecule has 1 atom stereocenters. The van der Waals surface area contributed by atoms with Crippen LogP contribution in [0.1, 0.15) is 24.8 Å². The second kappa shape index (κ2) is 7.50. The highest BCUT2D eigenvalue weighted by Crippen LogP contribution is 2.22. The number of hydrogen-bond donors (Lipinski definition) is 1. The highest BCUT2D eigenvalue weighted by molar-refractivity contribution is 7.76. The number of aromatic nitrogens is 1. The number of para-hydroxylation sites is 1. The first-order valence-corrected chi connectivity index (χ1v) is 7.27. The minimum absolute atomic E-state index is 1.13. The van der Waals surface area contributed by atoms with E-state index in [9.17, 15) is 0 Å². The van der Waals surface area contributed by atoms with Gasteiger partial charge in [-0.05, 0) is 25.0 Å². The number of fused-ring (bicyclic) bond motifs is 1. The van der Waals surface area contributed by atoms with Gasteiger partial charge in [0, 0.05) is 11.3 Å². The minimum Gasteiger partial charge on any atom is -0.760 e. The van der Waals surface area contributed by atoms with Gasteiger partial charge >= 0.3 is 0 Å². The first kappa shape index (κ1) is 14.2. The van der Waals surface area contributed by atoms with Crippen LogP contribution < -0.4 is 5.14 Å². The largest absolute Gasteiger partial charge is 0.760 e. The van der Waals surface area contributed by atoms with Crippen molar-refractivity contribution in [3.05, 3.63) is 29.3 Å². The van der Waals surface area contributed by atoms with Crippen molar-refractivity contribution in [1.82, 2.24) is 4.98 Å². The van der Waals surface area contributed by atoms with Gasteiger partial charge in [0.2, 0.25) is 0 Å². The summed E-state index contributed by atoms with van der Waals surface area (Å²) in [6.07, 6.45) is 3.63. The summed E-state index contributed by atoms with van der Waals surface area (Å²) in [6, 6.07) is 8.35. The molecule has 1 aromatic heterocycles. The number of hydrogen-bond acceptors (Lipinski definition) is 4. The molecule has 0 saturated heterocycles. The molecule has 0 fully saturated rings. The Kier molecular flexibility index (Phi) is 6.28. The van der Waals surface area contributed by atoms with Gasteiger partial charge in [0.1, 0.15) is 0 Å². The maximum atomic E-state index is 8.78. The third kappa shape index (κ3) is 5.36. The molecule has 0 saturated carbocycles. The average Bonchev–Trinajstić information content (AvgIpc) is 2.68. The van der Waals surface area contributed by atoms with Crippen LogP contribution in [0, 0.1) is 0 Å². The van der Waals surface area contributed by atoms with Gasteiger partial charge in [0.15, 0.2) is 0 Å². The predicted octanol–water partition coefficient (Wildman–Crippen LogP) is 2.38. The van der Waals surface area contributed by atoms with E-state index in [1.165, 1.54) is 22.5 Å². The van der Waals surface area contributed by atoms with E-state index >= 15 is 0 Å². The van der Waals surface area contributed by atoms with Crippen molar-refractivity contribution in [1.29, 1.82) is 0 Å². The van der Waals surface area contributed by atoms with Crippen LogP contribution in [0.5, 0.6) is 0 Å². The van der Waals surface area contributed by atoms with Crippen LogP contribution in [-0.4, -0.2) is 13.7 Å². The maximum absolute atomic E-state index is 8.78. The number of rotatable bonds is 3. The van der Waals surface area contributed by atoms with E-state index in [4.69, 9.17) is 8.76 Å². The molecule has 6 heteroatoms. The molecule has 0 aliphatic heterocycles. The van der Waals surface area contributed by atoms with Gasteiger partial charge in [0.25, 0.3) is 0 Å². The van der Waals surface area contributed by atoms with E-state index in [-0.39, 0.29) is 0 Å². The molecule has 94 valence electrons. The lowest BCUT2D eigenvalue weighted by Gasteiger charge is -1.89. The van der Waals surface area contributed by atoms with Crippen LogP contribution in [0.15, 0.2) is 24.3 Å². The Morgan fingerprint density at radius 1 is 1.47 bits per heavy atom. The molecule has 4 nitrogen and oxygen atoms in total. The lowest BCUT2D eigenvalue weighted by atomic mass is 10.3. The summed E-state index contributed by atoms with van der Waals surface area (Å²) < 4.78 is 18.9. The number of thiazole rings is 1. The zero-order valence-corrected chi connectivity index (χ0v) is 11.2. The first-order valence-electron chi connectivity index (χ1n) is 5.31. The van der Waals surface area contributed by atoms with Gasteiger partial charge in [-0.2, -0.15) is 0 Å². The molecule has 1 aromatic carbocycles. The third-order valence-electron chi connectivity index (χ3n) is 2.08. The van der Waals surface area contributed by atoms with Crippen molar-refractivity contribution in [2.24, 2.45) is 5.14 Å². The zero-order valence-electron chi connectivity index (χ0n) is 9.59. The van der Waals surface area contributed by atoms with E-state index in [2.05, 4.69) is 35.2 Å². The summed E-state index contributed by atoms with van der Waals surface area (Å²) in [6.45, 7) is 2.22. The fourth-order valence-corrected chi connectivity index (χ4v) is 2.36. The number of unbranched alkanes of at least 4 members (excludes halogenated alkanes) is 1. The van der Waals surface area contributed by atoms with Gasteiger partial charge in [-0.25, -0.2) is 4.98 Å². The molecule has 0 spiro atoms. The van der Waals surface area contributed by atoms with E-state index < -0.39 is 11.3 Å². The topological polar surface area (TPSA) is 79.0 Å². The molecule has 0 bridgehead atoms. The molecule has 0 aliphatic carbocycles. The monoisotopic (exact) mass is 271 g/mol. The summed E-state index contributed by atoms with van der Waals surface area (Å²) in [5.74, 6) is 0. The van der Waals surface area contributed by atoms with Gasteiger partial charge in [-0.1, -0.05) is 25.5 Å². The normalized spacial score (nSPS) is 11.9. The number of aryl methyl sites for hydroxylation is 1. The van der Waals surface area contributed by atoms with Gasteiger partial charge in [-0.15, -0.1) is 11.3 Å². The molecule has 1 heterocycles. The molecule has 1 unspecified atom stereocenters. The fraction of sp³-hybridized carbons (Fsp3) is 0.364. The Morgan fingerprint density at radius 3 is 2.71 bits per heavy atom. The Balaban J connectivity index is 0.000000317. The van der Waals surface area contributed by atoms with Gasteiger partial charge in [0.05, 0.1) is 15.2 Å². The first-order chi connectivity index (χ1) is 8.13. The lowest BCUT2D eigenvalue weighted by molar-refractivity contribution is 0.539. The second-order valence-corrected chi connectivity index (χ2v) is 5.08. The Bertz CT molecular complexity index is 448. The highest BCUT2D eigenvalue weighted by atomic mass is 32.2. The van der Waals surface area contributed by atoms with Crippen molar-refractivity contribution in [2.45, 2.75) is 26.2 Å². The van der Waals surface area contributed by atoms with E-state index in [1.807, 2.05) is 17.4 Å². The number of benzene rings is 1. The van der Waals surface area contributed by atoms with Gasteiger partial charge < -0.3 is 4.55 Å². The Morgan fingerprint density at radius 2 is 2.12 bits per heavy atom. The van der Waals surface area contributed by atoms with Crippen LogP contribution >= 0.6 is 11.3 Å². The molecule has 0 radical (unpaired) electrons. The van der Waals surface area contributed by atoms with E-state index in [1.54, 1.807) is 0 Å². The highest BCUT2D eigenvalue weighted by Gasteiger charge is 2.01. The standard InChI is InChI=1S/C11H13NS.H3NO2S/c1-2-3-8-11-12-9-6-4-5-7-10(9)13-11;1-4(2)3/h4-7H,2-3,8H2,1H3;1H2,(H,2,3)/p-1. The molecule has 2 aromatic rings. The molecule has 0 amide bonds. The molecule has 17 heavy (non-hydrogen) atoms. The summed E-state index contributed by atoms with van der Waals surface area (Å²) in [5, 5.41) is 5.31. The molecule has 0 aliphatic rings. The van der Waals surface area contributed by atoms with Crippen LogP contribution in [-0.2, 0) is 17.7 Å². The van der Waals surface area contributed by atoms with Crippen LogP contribution in [0.3, 0.4) is 0 Å². The quantitative estimate of drug-likeness (QED) is 0.870.